The van der Waals surface area contributed by atoms with E-state index in [4.69, 9.17) is 14.7 Å². The first-order chi connectivity index (χ1) is 13.8. The summed E-state index contributed by atoms with van der Waals surface area (Å²) in [5.41, 5.74) is 10.4. The molecular formula is C22H24N4O2. The lowest BCUT2D eigenvalue weighted by atomic mass is 10.0. The Kier molecular flexibility index (Phi) is 5.94. The number of nitrogens with one attached hydrogen (secondary N) is 2. The zero-order valence-electron chi connectivity index (χ0n) is 15.8. The molecule has 0 aromatic carbocycles. The molecule has 0 aromatic heterocycles. The van der Waals surface area contributed by atoms with Crippen LogP contribution in [0.2, 0.25) is 0 Å². The quantitative estimate of drug-likeness (QED) is 0.712. The van der Waals surface area contributed by atoms with Crippen LogP contribution in [0.15, 0.2) is 58.6 Å². The second-order valence-electron chi connectivity index (χ2n) is 7.07. The standard InChI is InChI=1S/C22H24N4O2/c23-14-17-5-7-20(8-6-17)28-21-15-24-25-22(21)19-4-2-1-3-18(13-19)16-26-9-11-27-12-10-26/h3,5-7,13,20,24-25H,4,8-12,15-16H2. The van der Waals surface area contributed by atoms with E-state index in [0.717, 1.165) is 49.9 Å². The highest BCUT2D eigenvalue weighted by Gasteiger charge is 2.22. The van der Waals surface area contributed by atoms with Crippen LogP contribution in [0.1, 0.15) is 12.8 Å². The van der Waals surface area contributed by atoms with E-state index in [1.807, 2.05) is 24.3 Å². The lowest BCUT2D eigenvalue weighted by Gasteiger charge is -2.27. The van der Waals surface area contributed by atoms with E-state index >= 15 is 0 Å². The number of allylic oxidation sites excluding steroid dienone is 4. The fraction of sp³-hybridized carbons (Fsp3) is 0.409. The maximum atomic E-state index is 8.97. The molecule has 0 saturated carbocycles. The van der Waals surface area contributed by atoms with E-state index < -0.39 is 0 Å². The summed E-state index contributed by atoms with van der Waals surface area (Å²) >= 11 is 0. The highest BCUT2D eigenvalue weighted by Crippen LogP contribution is 2.25. The van der Waals surface area contributed by atoms with Gasteiger partial charge in [0.2, 0.25) is 0 Å². The summed E-state index contributed by atoms with van der Waals surface area (Å²) in [5, 5.41) is 8.97. The molecule has 6 nitrogen and oxygen atoms in total. The van der Waals surface area contributed by atoms with E-state index in [9.17, 15) is 0 Å². The minimum Gasteiger partial charge on any atom is -0.487 e. The van der Waals surface area contributed by atoms with Gasteiger partial charge < -0.3 is 14.9 Å². The zero-order chi connectivity index (χ0) is 19.2. The molecule has 2 aliphatic heterocycles. The van der Waals surface area contributed by atoms with Crippen molar-refractivity contribution in [2.24, 2.45) is 0 Å². The average Bonchev–Trinajstić information content (AvgIpc) is 3.07. The van der Waals surface area contributed by atoms with Gasteiger partial charge >= 0.3 is 0 Å². The van der Waals surface area contributed by atoms with Gasteiger partial charge in [-0.15, -0.1) is 0 Å². The third-order valence-corrected chi connectivity index (χ3v) is 5.05. The zero-order valence-corrected chi connectivity index (χ0v) is 15.8. The van der Waals surface area contributed by atoms with Crippen LogP contribution in [0, 0.1) is 23.2 Å². The molecule has 1 saturated heterocycles. The van der Waals surface area contributed by atoms with Crippen molar-refractivity contribution >= 4 is 0 Å². The summed E-state index contributed by atoms with van der Waals surface area (Å²) in [5.74, 6) is 7.28. The summed E-state index contributed by atoms with van der Waals surface area (Å²) in [6, 6.07) is 2.16. The molecule has 0 bridgehead atoms. The van der Waals surface area contributed by atoms with Gasteiger partial charge in [0.15, 0.2) is 0 Å². The maximum Gasteiger partial charge on any atom is 0.137 e. The fourth-order valence-corrected chi connectivity index (χ4v) is 3.56. The van der Waals surface area contributed by atoms with Gasteiger partial charge in [-0.05, 0) is 29.4 Å². The Hall–Kier alpha value is -2.77. The summed E-state index contributed by atoms with van der Waals surface area (Å²) in [7, 11) is 0. The third kappa shape index (κ3) is 4.55. The molecule has 0 amide bonds. The molecule has 2 heterocycles. The Morgan fingerprint density at radius 2 is 2.25 bits per heavy atom. The SMILES string of the molecule is N#CC1=CCC(OC2=C(C3=CC(CN4CCOCC4)=CC#CC3)NNC2)C=C1. The van der Waals surface area contributed by atoms with Crippen molar-refractivity contribution in [2.75, 3.05) is 39.4 Å². The number of morpholine rings is 1. The lowest BCUT2D eigenvalue weighted by Crippen LogP contribution is -2.37. The third-order valence-electron chi connectivity index (χ3n) is 5.05. The van der Waals surface area contributed by atoms with Gasteiger partial charge in [0.05, 0.1) is 31.5 Å². The van der Waals surface area contributed by atoms with Gasteiger partial charge in [0, 0.05) is 38.0 Å². The van der Waals surface area contributed by atoms with E-state index in [0.29, 0.717) is 25.0 Å². The first-order valence-corrected chi connectivity index (χ1v) is 9.67. The molecule has 144 valence electrons. The van der Waals surface area contributed by atoms with Gasteiger partial charge in [0.25, 0.3) is 0 Å². The first kappa shape index (κ1) is 18.6. The normalized spacial score (nSPS) is 24.8. The molecule has 0 aromatic rings. The number of ether oxygens (including phenoxy) is 2. The largest absolute Gasteiger partial charge is 0.487 e. The number of hydrogen-bond donors (Lipinski definition) is 2. The molecule has 4 aliphatic rings. The molecule has 0 spiro atoms. The van der Waals surface area contributed by atoms with Crippen molar-refractivity contribution in [1.29, 1.82) is 5.26 Å². The molecule has 0 radical (unpaired) electrons. The smallest absolute Gasteiger partial charge is 0.137 e. The fourth-order valence-electron chi connectivity index (χ4n) is 3.56. The van der Waals surface area contributed by atoms with Gasteiger partial charge in [-0.1, -0.05) is 24.0 Å². The Morgan fingerprint density at radius 3 is 3.04 bits per heavy atom. The van der Waals surface area contributed by atoms with Crippen LogP contribution in [0.3, 0.4) is 0 Å². The van der Waals surface area contributed by atoms with Crippen molar-refractivity contribution in [1.82, 2.24) is 15.8 Å². The minimum atomic E-state index is -0.0513. The Balaban J connectivity index is 1.48. The van der Waals surface area contributed by atoms with Crippen LogP contribution in [-0.2, 0) is 9.47 Å². The van der Waals surface area contributed by atoms with Crippen molar-refractivity contribution in [3.05, 3.63) is 58.6 Å². The van der Waals surface area contributed by atoms with Crippen molar-refractivity contribution < 1.29 is 9.47 Å². The number of rotatable bonds is 5. The molecule has 28 heavy (non-hydrogen) atoms. The maximum absolute atomic E-state index is 8.97. The Labute approximate surface area is 165 Å². The number of nitriles is 1. The van der Waals surface area contributed by atoms with E-state index in [1.165, 1.54) is 5.57 Å². The van der Waals surface area contributed by atoms with Crippen molar-refractivity contribution in [3.8, 4) is 17.9 Å². The predicted molar refractivity (Wildman–Crippen MR) is 106 cm³/mol. The van der Waals surface area contributed by atoms with Gasteiger partial charge in [-0.25, -0.2) is 5.43 Å². The van der Waals surface area contributed by atoms with Crippen LogP contribution in [0.4, 0.5) is 0 Å². The highest BCUT2D eigenvalue weighted by molar-refractivity contribution is 5.46. The van der Waals surface area contributed by atoms with Gasteiger partial charge in [-0.2, -0.15) is 5.26 Å². The van der Waals surface area contributed by atoms with Gasteiger partial charge in [0.1, 0.15) is 11.9 Å². The number of nitrogens with zero attached hydrogens (tertiary/aromatic N) is 2. The highest BCUT2D eigenvalue weighted by atomic mass is 16.5. The van der Waals surface area contributed by atoms with Crippen LogP contribution in [0.5, 0.6) is 0 Å². The minimum absolute atomic E-state index is 0.0513. The molecular weight excluding hydrogens is 352 g/mol. The summed E-state index contributed by atoms with van der Waals surface area (Å²) in [4.78, 5) is 2.40. The Bertz CT molecular complexity index is 870. The van der Waals surface area contributed by atoms with Crippen LogP contribution < -0.4 is 10.9 Å². The lowest BCUT2D eigenvalue weighted by molar-refractivity contribution is 0.0426. The first-order valence-electron chi connectivity index (χ1n) is 9.67. The second kappa shape index (κ2) is 8.95. The molecule has 1 unspecified atom stereocenters. The molecule has 2 aliphatic carbocycles. The number of hydrogen-bond acceptors (Lipinski definition) is 6. The van der Waals surface area contributed by atoms with Crippen molar-refractivity contribution in [2.45, 2.75) is 18.9 Å². The van der Waals surface area contributed by atoms with Gasteiger partial charge in [-0.3, -0.25) is 4.90 Å². The Morgan fingerprint density at radius 1 is 1.36 bits per heavy atom. The van der Waals surface area contributed by atoms with E-state index in [1.54, 1.807) is 0 Å². The van der Waals surface area contributed by atoms with E-state index in [-0.39, 0.29) is 6.10 Å². The van der Waals surface area contributed by atoms with Crippen LogP contribution >= 0.6 is 0 Å². The second-order valence-corrected chi connectivity index (χ2v) is 7.07. The summed E-state index contributed by atoms with van der Waals surface area (Å²) < 4.78 is 11.7. The summed E-state index contributed by atoms with van der Waals surface area (Å²) in [6.45, 7) is 5.00. The number of hydrazine groups is 1. The predicted octanol–water partition coefficient (Wildman–Crippen LogP) is 1.69. The molecule has 1 atom stereocenters. The van der Waals surface area contributed by atoms with Crippen molar-refractivity contribution in [3.63, 3.8) is 0 Å². The monoisotopic (exact) mass is 376 g/mol. The summed E-state index contributed by atoms with van der Waals surface area (Å²) in [6.07, 6.45) is 11.3. The molecule has 2 N–H and O–H groups in total. The topological polar surface area (TPSA) is 69.5 Å². The molecule has 4 rings (SSSR count). The molecule has 1 fully saturated rings. The average molecular weight is 376 g/mol. The van der Waals surface area contributed by atoms with Crippen LogP contribution in [-0.4, -0.2) is 50.4 Å². The van der Waals surface area contributed by atoms with E-state index in [2.05, 4.69) is 39.7 Å². The van der Waals surface area contributed by atoms with Crippen LogP contribution in [0.25, 0.3) is 0 Å². The molecule has 6 heteroatoms.